The molecule has 1 aliphatic rings. The lowest BCUT2D eigenvalue weighted by molar-refractivity contribution is 0.0684. The Hall–Kier alpha value is -3.26. The summed E-state index contributed by atoms with van der Waals surface area (Å²) < 4.78 is 16.1. The average molecular weight is 471 g/mol. The zero-order valence-electron chi connectivity index (χ0n) is 18.2. The van der Waals surface area contributed by atoms with E-state index in [2.05, 4.69) is 5.10 Å². The quantitative estimate of drug-likeness (QED) is 0.570. The third-order valence-electron chi connectivity index (χ3n) is 6.06. The largest absolute Gasteiger partial charge is 0.352 e. The predicted octanol–water partition coefficient (Wildman–Crippen LogP) is 3.64. The van der Waals surface area contributed by atoms with Crippen molar-refractivity contribution >= 4 is 17.5 Å². The van der Waals surface area contributed by atoms with Crippen molar-refractivity contribution in [2.75, 3.05) is 7.05 Å². The van der Waals surface area contributed by atoms with Gasteiger partial charge in [-0.2, -0.15) is 9.78 Å². The minimum absolute atomic E-state index is 0.00313. The summed E-state index contributed by atoms with van der Waals surface area (Å²) in [6, 6.07) is 12.2. The molecule has 3 aromatic rings. The Morgan fingerprint density at radius 3 is 2.42 bits per heavy atom. The van der Waals surface area contributed by atoms with E-state index in [9.17, 15) is 18.8 Å². The van der Waals surface area contributed by atoms with E-state index in [1.807, 2.05) is 0 Å². The first-order valence-corrected chi connectivity index (χ1v) is 11.3. The van der Waals surface area contributed by atoms with E-state index in [1.54, 1.807) is 37.4 Å². The molecule has 33 heavy (non-hydrogen) atoms. The second kappa shape index (κ2) is 9.70. The van der Waals surface area contributed by atoms with Crippen LogP contribution in [0.15, 0.2) is 58.1 Å². The van der Waals surface area contributed by atoms with Gasteiger partial charge >= 0.3 is 5.69 Å². The van der Waals surface area contributed by atoms with Crippen LogP contribution in [0.5, 0.6) is 0 Å². The van der Waals surface area contributed by atoms with Crippen molar-refractivity contribution in [3.05, 3.63) is 91.5 Å². The van der Waals surface area contributed by atoms with Crippen molar-refractivity contribution in [2.45, 2.75) is 44.7 Å². The van der Waals surface area contributed by atoms with Gasteiger partial charge in [0, 0.05) is 23.7 Å². The van der Waals surface area contributed by atoms with Crippen LogP contribution in [-0.4, -0.2) is 38.2 Å². The fourth-order valence-corrected chi connectivity index (χ4v) is 4.26. The number of benzene rings is 2. The summed E-state index contributed by atoms with van der Waals surface area (Å²) in [5.74, 6) is -1.11. The molecule has 172 valence electrons. The molecule has 0 N–H and O–H groups in total. The molecule has 0 spiro atoms. The summed E-state index contributed by atoms with van der Waals surface area (Å²) in [5.41, 5.74) is -1.51. The Morgan fingerprint density at radius 1 is 1.09 bits per heavy atom. The first-order chi connectivity index (χ1) is 15.9. The smallest absolute Gasteiger partial charge is 0.337 e. The van der Waals surface area contributed by atoms with Gasteiger partial charge in [-0.05, 0) is 43.2 Å². The SMILES string of the molecule is CN(C(=O)c1nn(-c2ccc(Cl)cc2)c(=O)n(Cc2ccccc2F)c1=O)C1CCCCC1. The Labute approximate surface area is 195 Å². The maximum atomic E-state index is 14.3. The second-order valence-electron chi connectivity index (χ2n) is 8.21. The van der Waals surface area contributed by atoms with Crippen molar-refractivity contribution in [3.63, 3.8) is 0 Å². The van der Waals surface area contributed by atoms with Gasteiger partial charge in [0.15, 0.2) is 0 Å². The van der Waals surface area contributed by atoms with E-state index >= 15 is 0 Å². The van der Waals surface area contributed by atoms with Crippen molar-refractivity contribution in [3.8, 4) is 5.69 Å². The van der Waals surface area contributed by atoms with Crippen LogP contribution in [0.4, 0.5) is 4.39 Å². The van der Waals surface area contributed by atoms with Gasteiger partial charge in [0.25, 0.3) is 11.5 Å². The number of carbonyl (C=O) groups is 1. The topological polar surface area (TPSA) is 77.2 Å². The number of carbonyl (C=O) groups excluding carboxylic acids is 1. The highest BCUT2D eigenvalue weighted by molar-refractivity contribution is 6.30. The van der Waals surface area contributed by atoms with Crippen LogP contribution in [0.1, 0.15) is 48.2 Å². The maximum Gasteiger partial charge on any atom is 0.352 e. The molecule has 4 rings (SSSR count). The summed E-state index contributed by atoms with van der Waals surface area (Å²) >= 11 is 5.96. The highest BCUT2D eigenvalue weighted by Crippen LogP contribution is 2.22. The van der Waals surface area contributed by atoms with Gasteiger partial charge in [-0.3, -0.25) is 14.2 Å². The molecule has 1 aliphatic carbocycles. The molecule has 0 unspecified atom stereocenters. The predicted molar refractivity (Wildman–Crippen MR) is 124 cm³/mol. The minimum atomic E-state index is -0.846. The molecular formula is C24H24ClFN4O3. The van der Waals surface area contributed by atoms with E-state index in [0.29, 0.717) is 10.7 Å². The van der Waals surface area contributed by atoms with Crippen LogP contribution in [0.3, 0.4) is 0 Å². The first-order valence-electron chi connectivity index (χ1n) is 10.9. The number of amides is 1. The second-order valence-corrected chi connectivity index (χ2v) is 8.65. The fourth-order valence-electron chi connectivity index (χ4n) is 4.14. The van der Waals surface area contributed by atoms with Crippen molar-refractivity contribution in [1.29, 1.82) is 0 Å². The normalized spacial score (nSPS) is 14.3. The highest BCUT2D eigenvalue weighted by Gasteiger charge is 2.28. The van der Waals surface area contributed by atoms with E-state index in [4.69, 9.17) is 11.6 Å². The summed E-state index contributed by atoms with van der Waals surface area (Å²) in [6.45, 7) is -0.326. The van der Waals surface area contributed by atoms with E-state index in [1.165, 1.54) is 23.1 Å². The molecule has 0 saturated heterocycles. The van der Waals surface area contributed by atoms with Crippen LogP contribution >= 0.6 is 11.6 Å². The molecule has 0 radical (unpaired) electrons. The van der Waals surface area contributed by atoms with Gasteiger partial charge in [0.1, 0.15) is 5.82 Å². The van der Waals surface area contributed by atoms with E-state index in [-0.39, 0.29) is 23.8 Å². The Bertz CT molecular complexity index is 1280. The zero-order valence-corrected chi connectivity index (χ0v) is 19.0. The van der Waals surface area contributed by atoms with Gasteiger partial charge in [0.05, 0.1) is 12.2 Å². The third kappa shape index (κ3) is 4.75. The van der Waals surface area contributed by atoms with Gasteiger partial charge < -0.3 is 4.90 Å². The molecule has 0 bridgehead atoms. The molecule has 7 nitrogen and oxygen atoms in total. The minimum Gasteiger partial charge on any atom is -0.337 e. The lowest BCUT2D eigenvalue weighted by atomic mass is 9.94. The van der Waals surface area contributed by atoms with Crippen molar-refractivity contribution < 1.29 is 9.18 Å². The highest BCUT2D eigenvalue weighted by atomic mass is 35.5. The monoisotopic (exact) mass is 470 g/mol. The molecule has 1 fully saturated rings. The van der Waals surface area contributed by atoms with Crippen molar-refractivity contribution in [1.82, 2.24) is 19.2 Å². The van der Waals surface area contributed by atoms with Crippen LogP contribution in [0.2, 0.25) is 5.02 Å². The molecule has 1 heterocycles. The lowest BCUT2D eigenvalue weighted by Crippen LogP contribution is -2.48. The number of halogens is 2. The number of hydrogen-bond acceptors (Lipinski definition) is 4. The molecule has 2 aromatic carbocycles. The van der Waals surface area contributed by atoms with Gasteiger partial charge in [0.2, 0.25) is 5.69 Å². The summed E-state index contributed by atoms with van der Waals surface area (Å²) in [6.07, 6.45) is 4.84. The Balaban J connectivity index is 1.85. The molecule has 0 atom stereocenters. The molecular weight excluding hydrogens is 447 g/mol. The molecule has 0 aliphatic heterocycles. The lowest BCUT2D eigenvalue weighted by Gasteiger charge is -2.30. The van der Waals surface area contributed by atoms with Crippen molar-refractivity contribution in [2.24, 2.45) is 0 Å². The maximum absolute atomic E-state index is 14.3. The van der Waals surface area contributed by atoms with Crippen LogP contribution in [0, 0.1) is 5.82 Å². The van der Waals surface area contributed by atoms with Gasteiger partial charge in [-0.15, -0.1) is 0 Å². The third-order valence-corrected chi connectivity index (χ3v) is 6.31. The molecule has 1 aromatic heterocycles. The summed E-state index contributed by atoms with van der Waals surface area (Å²) in [7, 11) is 1.65. The molecule has 1 saturated carbocycles. The number of aromatic nitrogens is 3. The van der Waals surface area contributed by atoms with Crippen LogP contribution < -0.4 is 11.2 Å². The summed E-state index contributed by atoms with van der Waals surface area (Å²) in [4.78, 5) is 41.3. The van der Waals surface area contributed by atoms with Crippen LogP contribution in [0.25, 0.3) is 5.69 Å². The standard InChI is InChI=1S/C24H24ClFN4O3/c1-28(18-8-3-2-4-9-18)22(31)21-23(32)29(15-16-7-5-6-10-20(16)26)24(33)30(27-21)19-13-11-17(25)12-14-19/h5-7,10-14,18H,2-4,8-9,15H2,1H3. The van der Waals surface area contributed by atoms with Gasteiger partial charge in [-0.1, -0.05) is 49.1 Å². The van der Waals surface area contributed by atoms with Crippen LogP contribution in [-0.2, 0) is 6.54 Å². The number of hydrogen-bond donors (Lipinski definition) is 0. The van der Waals surface area contributed by atoms with E-state index < -0.39 is 23.0 Å². The first kappa shape index (κ1) is 22.9. The van der Waals surface area contributed by atoms with E-state index in [0.717, 1.165) is 41.4 Å². The summed E-state index contributed by atoms with van der Waals surface area (Å²) in [5, 5.41) is 4.61. The average Bonchev–Trinajstić information content (AvgIpc) is 2.83. The zero-order chi connectivity index (χ0) is 23.5. The Morgan fingerprint density at radius 2 is 1.76 bits per heavy atom. The Kier molecular flexibility index (Phi) is 6.74. The molecule has 1 amide bonds. The number of nitrogens with zero attached hydrogens (tertiary/aromatic N) is 4. The fraction of sp³-hybridized carbons (Fsp3) is 0.333. The number of rotatable bonds is 5. The molecule has 9 heteroatoms. The van der Waals surface area contributed by atoms with Gasteiger partial charge in [-0.25, -0.2) is 9.18 Å².